The number of benzene rings is 1. The van der Waals surface area contributed by atoms with Crippen LogP contribution in [0.1, 0.15) is 49.9 Å². The third-order valence-corrected chi connectivity index (χ3v) is 12.3. The van der Waals surface area contributed by atoms with Gasteiger partial charge >= 0.3 is 0 Å². The number of likely N-dealkylation sites (tertiary alicyclic amines) is 1. The van der Waals surface area contributed by atoms with Crippen LogP contribution in [0.5, 0.6) is 0 Å². The Labute approximate surface area is 270 Å². The van der Waals surface area contributed by atoms with Gasteiger partial charge in [-0.25, -0.2) is 12.8 Å². The Balaban J connectivity index is 1.16. The minimum atomic E-state index is -3.98. The van der Waals surface area contributed by atoms with Crippen molar-refractivity contribution < 1.29 is 22.3 Å². The number of halogens is 3. The Morgan fingerprint density at radius 2 is 1.91 bits per heavy atom. The van der Waals surface area contributed by atoms with Crippen LogP contribution in [-0.4, -0.2) is 64.9 Å². The number of hydrogen-bond donors (Lipinski definition) is 1. The Morgan fingerprint density at radius 3 is 2.56 bits per heavy atom. The molecule has 7 rings (SSSR count). The molecule has 13 heteroatoms. The van der Waals surface area contributed by atoms with Crippen molar-refractivity contribution in [1.82, 2.24) is 20.2 Å². The number of epoxide rings is 1. The standard InChI is InChI=1S/C32H30Cl2FN5O4S/c1-18-10-20(4-9-37-18)19-2-3-27(24(34)11-19)45(42,43)23-13-22(14-26-29(44-26)39-31(17-36)5-6-31)40(16-23)30(41)32(7-8-32)28-25(35)12-21(33)15-38-28/h2-4,9-12,15,22-23,26,29,39H,5-8,13-14,16H2,1H3. The summed E-state index contributed by atoms with van der Waals surface area (Å²) in [7, 11) is -3.98. The first-order valence-corrected chi connectivity index (χ1v) is 17.2. The molecule has 9 nitrogen and oxygen atoms in total. The zero-order valence-electron chi connectivity index (χ0n) is 24.3. The smallest absolute Gasteiger partial charge is 0.235 e. The van der Waals surface area contributed by atoms with Gasteiger partial charge in [0.1, 0.15) is 23.7 Å². The Morgan fingerprint density at radius 1 is 1.16 bits per heavy atom. The molecule has 4 fully saturated rings. The highest BCUT2D eigenvalue weighted by Crippen LogP contribution is 2.51. The second-order valence-electron chi connectivity index (χ2n) is 12.6. The number of carbonyl (C=O) groups excluding carboxylic acids is 1. The number of nitrogens with one attached hydrogen (secondary N) is 1. The van der Waals surface area contributed by atoms with E-state index in [9.17, 15) is 18.5 Å². The maximum absolute atomic E-state index is 15.0. The predicted octanol–water partition coefficient (Wildman–Crippen LogP) is 5.13. The highest BCUT2D eigenvalue weighted by Gasteiger charge is 2.59. The van der Waals surface area contributed by atoms with Crippen LogP contribution in [0.3, 0.4) is 0 Å². The van der Waals surface area contributed by atoms with Crippen LogP contribution in [-0.2, 0) is 24.8 Å². The number of nitrogens with zero attached hydrogens (tertiary/aromatic N) is 4. The quantitative estimate of drug-likeness (QED) is 0.311. The van der Waals surface area contributed by atoms with E-state index in [4.69, 9.17) is 27.9 Å². The number of rotatable bonds is 9. The summed E-state index contributed by atoms with van der Waals surface area (Å²) in [4.78, 5) is 24.2. The molecule has 2 aromatic heterocycles. The average Bonchev–Trinajstić information content (AvgIpc) is 3.95. The molecule has 3 aromatic rings. The summed E-state index contributed by atoms with van der Waals surface area (Å²) in [6.45, 7) is 1.80. The summed E-state index contributed by atoms with van der Waals surface area (Å²) in [6, 6.07) is 11.5. The number of sulfone groups is 1. The molecule has 2 aliphatic heterocycles. The summed E-state index contributed by atoms with van der Waals surface area (Å²) >= 11 is 12.5. The van der Waals surface area contributed by atoms with Crippen molar-refractivity contribution in [2.45, 2.75) is 84.9 Å². The zero-order valence-corrected chi connectivity index (χ0v) is 26.7. The minimum absolute atomic E-state index is 0.00444. The van der Waals surface area contributed by atoms with Crippen molar-refractivity contribution in [1.29, 1.82) is 5.26 Å². The summed E-state index contributed by atoms with van der Waals surface area (Å²) in [6.07, 6.45) is 5.19. The fourth-order valence-corrected chi connectivity index (χ4v) is 8.94. The molecule has 0 radical (unpaired) electrons. The lowest BCUT2D eigenvalue weighted by Crippen LogP contribution is -2.44. The summed E-state index contributed by atoms with van der Waals surface area (Å²) in [5.74, 6) is -1.01. The van der Waals surface area contributed by atoms with Crippen LogP contribution in [0.2, 0.25) is 10.0 Å². The molecule has 1 N–H and O–H groups in total. The molecule has 2 saturated heterocycles. The third kappa shape index (κ3) is 5.61. The molecule has 0 spiro atoms. The van der Waals surface area contributed by atoms with Gasteiger partial charge in [-0.05, 0) is 86.9 Å². The molecule has 1 amide bonds. The molecule has 2 saturated carbocycles. The monoisotopic (exact) mass is 669 g/mol. The summed E-state index contributed by atoms with van der Waals surface area (Å²) < 4.78 is 49.0. The molecular formula is C32H30Cl2FN5O4S. The molecule has 1 aromatic carbocycles. The number of ether oxygens (including phenoxy) is 1. The van der Waals surface area contributed by atoms with Gasteiger partial charge in [-0.1, -0.05) is 29.3 Å². The lowest BCUT2D eigenvalue weighted by molar-refractivity contribution is -0.135. The first kappa shape index (κ1) is 30.5. The fourth-order valence-electron chi connectivity index (χ4n) is 6.51. The van der Waals surface area contributed by atoms with Crippen molar-refractivity contribution in [3.63, 3.8) is 0 Å². The number of hydrogen-bond acceptors (Lipinski definition) is 8. The van der Waals surface area contributed by atoms with Gasteiger partial charge < -0.3 is 9.64 Å². The van der Waals surface area contributed by atoms with E-state index in [0.717, 1.165) is 35.7 Å². The molecular weight excluding hydrogens is 640 g/mol. The molecule has 234 valence electrons. The second kappa shape index (κ2) is 11.0. The topological polar surface area (TPSA) is 129 Å². The summed E-state index contributed by atoms with van der Waals surface area (Å²) in [5.41, 5.74) is 0.716. The van der Waals surface area contributed by atoms with E-state index < -0.39 is 37.9 Å². The number of amides is 1. The number of pyridine rings is 2. The largest absolute Gasteiger partial charge is 0.353 e. The zero-order chi connectivity index (χ0) is 31.7. The molecule has 2 aliphatic carbocycles. The molecule has 0 bridgehead atoms. The van der Waals surface area contributed by atoms with Crippen LogP contribution >= 0.6 is 23.2 Å². The summed E-state index contributed by atoms with van der Waals surface area (Å²) in [5, 5.41) is 12.0. The normalized spacial score (nSPS) is 25.9. The second-order valence-corrected chi connectivity index (χ2v) is 15.6. The Bertz CT molecular complexity index is 1860. The van der Waals surface area contributed by atoms with Crippen LogP contribution in [0, 0.1) is 24.1 Å². The van der Waals surface area contributed by atoms with Gasteiger partial charge in [-0.3, -0.25) is 20.1 Å². The number of aryl methyl sites for hydroxylation is 1. The van der Waals surface area contributed by atoms with Crippen LogP contribution in [0.25, 0.3) is 11.1 Å². The number of carbonyl (C=O) groups is 1. The van der Waals surface area contributed by atoms with Gasteiger partial charge in [-0.15, -0.1) is 0 Å². The van der Waals surface area contributed by atoms with Gasteiger partial charge in [0.15, 0.2) is 9.84 Å². The van der Waals surface area contributed by atoms with Crippen molar-refractivity contribution in [3.8, 4) is 17.2 Å². The maximum atomic E-state index is 15.0. The van der Waals surface area contributed by atoms with Gasteiger partial charge in [0.25, 0.3) is 0 Å². The van der Waals surface area contributed by atoms with Crippen molar-refractivity contribution in [3.05, 3.63) is 76.0 Å². The first-order chi connectivity index (χ1) is 21.4. The molecule has 4 aliphatic rings. The molecule has 45 heavy (non-hydrogen) atoms. The lowest BCUT2D eigenvalue weighted by Gasteiger charge is -2.28. The van der Waals surface area contributed by atoms with E-state index in [0.29, 0.717) is 19.3 Å². The fraction of sp³-hybridized carbons (Fsp3) is 0.438. The van der Waals surface area contributed by atoms with E-state index in [1.165, 1.54) is 12.3 Å². The number of aromatic nitrogens is 2. The molecule has 4 heterocycles. The average molecular weight is 671 g/mol. The van der Waals surface area contributed by atoms with Crippen molar-refractivity contribution in [2.75, 3.05) is 6.54 Å². The van der Waals surface area contributed by atoms with Crippen LogP contribution in [0.4, 0.5) is 4.39 Å². The maximum Gasteiger partial charge on any atom is 0.235 e. The Hall–Kier alpha value is -3.14. The third-order valence-electron chi connectivity index (χ3n) is 9.43. The van der Waals surface area contributed by atoms with Crippen LogP contribution in [0.15, 0.2) is 53.7 Å². The van der Waals surface area contributed by atoms with E-state index >= 15 is 4.39 Å². The highest BCUT2D eigenvalue weighted by molar-refractivity contribution is 7.92. The van der Waals surface area contributed by atoms with Gasteiger partial charge in [0, 0.05) is 30.7 Å². The van der Waals surface area contributed by atoms with Crippen molar-refractivity contribution in [2.24, 2.45) is 0 Å². The van der Waals surface area contributed by atoms with E-state index in [1.807, 2.05) is 19.1 Å². The minimum Gasteiger partial charge on any atom is -0.353 e. The van der Waals surface area contributed by atoms with Gasteiger partial charge in [0.05, 0.1) is 37.4 Å². The number of nitriles is 1. The van der Waals surface area contributed by atoms with Gasteiger partial charge in [-0.2, -0.15) is 5.26 Å². The van der Waals surface area contributed by atoms with Gasteiger partial charge in [0.2, 0.25) is 5.91 Å². The Kier molecular flexibility index (Phi) is 7.45. The van der Waals surface area contributed by atoms with E-state index in [2.05, 4.69) is 21.4 Å². The molecule has 4 atom stereocenters. The predicted molar refractivity (Wildman–Crippen MR) is 165 cm³/mol. The lowest BCUT2D eigenvalue weighted by atomic mass is 9.98. The van der Waals surface area contributed by atoms with E-state index in [-0.39, 0.29) is 51.8 Å². The highest BCUT2D eigenvalue weighted by atomic mass is 35.5. The first-order valence-electron chi connectivity index (χ1n) is 14.9. The van der Waals surface area contributed by atoms with E-state index in [1.54, 1.807) is 23.2 Å². The molecule has 4 unspecified atom stereocenters. The van der Waals surface area contributed by atoms with Crippen molar-refractivity contribution >= 4 is 38.9 Å². The van der Waals surface area contributed by atoms with Crippen LogP contribution < -0.4 is 5.32 Å². The SMILES string of the molecule is Cc1cc(-c2ccc(S(=O)(=O)C3CC(CC4OC4NC4(C#N)CC4)N(C(=O)C4(c5ncc(Cl)cc5F)CC4)C3)c(Cl)c2)ccn1.